The Labute approximate surface area is 111 Å². The molecule has 1 saturated heterocycles. The van der Waals surface area contributed by atoms with E-state index in [-0.39, 0.29) is 0 Å². The second-order valence-corrected chi connectivity index (χ2v) is 5.60. The molecule has 100 valence electrons. The number of rotatable bonds is 3. The Hall–Kier alpha value is -1.06. The lowest BCUT2D eigenvalue weighted by Gasteiger charge is -2.37. The zero-order valence-electron chi connectivity index (χ0n) is 11.8. The van der Waals surface area contributed by atoms with E-state index in [1.807, 2.05) is 0 Å². The second kappa shape index (κ2) is 5.72. The van der Waals surface area contributed by atoms with Crippen LogP contribution in [0.15, 0.2) is 18.2 Å². The van der Waals surface area contributed by atoms with Crippen molar-refractivity contribution in [3.8, 4) is 0 Å². The fourth-order valence-corrected chi connectivity index (χ4v) is 2.48. The van der Waals surface area contributed by atoms with Crippen LogP contribution in [0, 0.1) is 6.92 Å². The summed E-state index contributed by atoms with van der Waals surface area (Å²) in [4.78, 5) is 5.06. The molecule has 0 aromatic heterocycles. The minimum Gasteiger partial charge on any atom is -0.399 e. The highest BCUT2D eigenvalue weighted by Gasteiger charge is 2.18. The molecule has 0 amide bonds. The number of nitrogen functional groups attached to an aromatic ring is 1. The fourth-order valence-electron chi connectivity index (χ4n) is 2.48. The largest absolute Gasteiger partial charge is 0.399 e. The van der Waals surface area contributed by atoms with Crippen LogP contribution >= 0.6 is 0 Å². The number of hydrogen-bond acceptors (Lipinski definition) is 3. The van der Waals surface area contributed by atoms with Gasteiger partial charge in [0.15, 0.2) is 0 Å². The normalized spacial score (nSPS) is 18.4. The van der Waals surface area contributed by atoms with E-state index in [2.05, 4.69) is 48.8 Å². The highest BCUT2D eigenvalue weighted by Crippen LogP contribution is 2.16. The smallest absolute Gasteiger partial charge is 0.0346 e. The number of benzene rings is 1. The zero-order chi connectivity index (χ0) is 13.1. The van der Waals surface area contributed by atoms with Crippen molar-refractivity contribution in [3.05, 3.63) is 29.3 Å². The molecule has 0 radical (unpaired) electrons. The Bertz CT molecular complexity index is 393. The molecular formula is C15H25N3. The van der Waals surface area contributed by atoms with Gasteiger partial charge < -0.3 is 5.73 Å². The Morgan fingerprint density at radius 3 is 2.39 bits per heavy atom. The zero-order valence-corrected chi connectivity index (χ0v) is 11.8. The molecule has 1 aromatic rings. The van der Waals surface area contributed by atoms with Gasteiger partial charge in [-0.25, -0.2) is 0 Å². The van der Waals surface area contributed by atoms with E-state index in [4.69, 9.17) is 5.73 Å². The van der Waals surface area contributed by atoms with E-state index in [0.29, 0.717) is 6.04 Å². The van der Waals surface area contributed by atoms with E-state index in [9.17, 15) is 0 Å². The minimum absolute atomic E-state index is 0.669. The summed E-state index contributed by atoms with van der Waals surface area (Å²) in [6.07, 6.45) is 0. The number of aryl methyl sites for hydroxylation is 1. The number of nitrogens with two attached hydrogens (primary N) is 1. The van der Waals surface area contributed by atoms with Gasteiger partial charge in [0.25, 0.3) is 0 Å². The fraction of sp³-hybridized carbons (Fsp3) is 0.600. The summed E-state index contributed by atoms with van der Waals surface area (Å²) in [6, 6.07) is 7.10. The first-order valence-corrected chi connectivity index (χ1v) is 6.87. The molecule has 3 nitrogen and oxygen atoms in total. The van der Waals surface area contributed by atoms with Crippen LogP contribution in [0.5, 0.6) is 0 Å². The number of anilines is 1. The molecule has 2 N–H and O–H groups in total. The first kappa shape index (κ1) is 13.4. The maximum absolute atomic E-state index is 5.96. The van der Waals surface area contributed by atoms with Gasteiger partial charge in [-0.05, 0) is 38.0 Å². The summed E-state index contributed by atoms with van der Waals surface area (Å²) in [5.74, 6) is 0. The predicted octanol–water partition coefficient (Wildman–Crippen LogP) is 2.10. The van der Waals surface area contributed by atoms with Crippen molar-refractivity contribution in [1.29, 1.82) is 0 Å². The van der Waals surface area contributed by atoms with E-state index >= 15 is 0 Å². The first-order valence-electron chi connectivity index (χ1n) is 6.87. The summed E-state index contributed by atoms with van der Waals surface area (Å²) < 4.78 is 0. The minimum atomic E-state index is 0.669. The molecule has 1 aliphatic rings. The summed E-state index contributed by atoms with van der Waals surface area (Å²) >= 11 is 0. The molecule has 0 aliphatic carbocycles. The van der Waals surface area contributed by atoms with E-state index < -0.39 is 0 Å². The highest BCUT2D eigenvalue weighted by molar-refractivity contribution is 5.48. The van der Waals surface area contributed by atoms with Crippen molar-refractivity contribution in [1.82, 2.24) is 9.80 Å². The van der Waals surface area contributed by atoms with E-state index in [1.165, 1.54) is 24.2 Å². The van der Waals surface area contributed by atoms with E-state index in [0.717, 1.165) is 25.3 Å². The first-order chi connectivity index (χ1) is 8.56. The molecule has 1 aliphatic heterocycles. The van der Waals surface area contributed by atoms with Crippen molar-refractivity contribution >= 4 is 5.69 Å². The van der Waals surface area contributed by atoms with E-state index in [1.54, 1.807) is 0 Å². The molecule has 0 atom stereocenters. The maximum atomic E-state index is 5.96. The van der Waals surface area contributed by atoms with Crippen molar-refractivity contribution in [3.63, 3.8) is 0 Å². The molecule has 0 bridgehead atoms. The van der Waals surface area contributed by atoms with Gasteiger partial charge in [-0.1, -0.05) is 12.1 Å². The van der Waals surface area contributed by atoms with Gasteiger partial charge in [0.05, 0.1) is 0 Å². The molecule has 1 heterocycles. The number of piperazine rings is 1. The topological polar surface area (TPSA) is 32.5 Å². The van der Waals surface area contributed by atoms with Crippen LogP contribution in [0.4, 0.5) is 5.69 Å². The van der Waals surface area contributed by atoms with Crippen LogP contribution in [0.1, 0.15) is 25.0 Å². The Morgan fingerprint density at radius 2 is 1.83 bits per heavy atom. The molecule has 0 saturated carbocycles. The van der Waals surface area contributed by atoms with Crippen LogP contribution in [-0.2, 0) is 6.54 Å². The van der Waals surface area contributed by atoms with Crippen LogP contribution in [0.2, 0.25) is 0 Å². The second-order valence-electron chi connectivity index (χ2n) is 5.60. The third kappa shape index (κ3) is 3.24. The van der Waals surface area contributed by atoms with Crippen molar-refractivity contribution < 1.29 is 0 Å². The third-order valence-electron chi connectivity index (χ3n) is 3.89. The highest BCUT2D eigenvalue weighted by atomic mass is 15.3. The van der Waals surface area contributed by atoms with Gasteiger partial charge in [0, 0.05) is 44.5 Å². The SMILES string of the molecule is Cc1ccc(CN2CCN(C(C)C)CC2)cc1N. The quantitative estimate of drug-likeness (QED) is 0.830. The molecule has 18 heavy (non-hydrogen) atoms. The third-order valence-corrected chi connectivity index (χ3v) is 3.89. The molecular weight excluding hydrogens is 222 g/mol. The molecule has 1 aromatic carbocycles. The standard InChI is InChI=1S/C15H25N3/c1-12(2)18-8-6-17(7-9-18)11-14-5-4-13(3)15(16)10-14/h4-5,10,12H,6-9,11,16H2,1-3H3. The summed E-state index contributed by atoms with van der Waals surface area (Å²) in [6.45, 7) is 12.3. The van der Waals surface area contributed by atoms with Crippen LogP contribution in [0.25, 0.3) is 0 Å². The van der Waals surface area contributed by atoms with Gasteiger partial charge in [-0.3, -0.25) is 9.80 Å². The van der Waals surface area contributed by atoms with Crippen LogP contribution in [-0.4, -0.2) is 42.0 Å². The summed E-state index contributed by atoms with van der Waals surface area (Å²) in [7, 11) is 0. The summed E-state index contributed by atoms with van der Waals surface area (Å²) in [5.41, 5.74) is 9.37. The van der Waals surface area contributed by atoms with Gasteiger partial charge in [-0.15, -0.1) is 0 Å². The lowest BCUT2D eigenvalue weighted by atomic mass is 10.1. The van der Waals surface area contributed by atoms with Crippen LogP contribution in [0.3, 0.4) is 0 Å². The van der Waals surface area contributed by atoms with Gasteiger partial charge in [0.1, 0.15) is 0 Å². The van der Waals surface area contributed by atoms with Gasteiger partial charge >= 0.3 is 0 Å². The average Bonchev–Trinajstić information content (AvgIpc) is 2.34. The molecule has 1 fully saturated rings. The van der Waals surface area contributed by atoms with Crippen molar-refractivity contribution in [2.24, 2.45) is 0 Å². The number of hydrogen-bond donors (Lipinski definition) is 1. The predicted molar refractivity (Wildman–Crippen MR) is 77.6 cm³/mol. The lowest BCUT2D eigenvalue weighted by molar-refractivity contribution is 0.104. The lowest BCUT2D eigenvalue weighted by Crippen LogP contribution is -2.48. The molecule has 3 heteroatoms. The van der Waals surface area contributed by atoms with Crippen LogP contribution < -0.4 is 5.73 Å². The van der Waals surface area contributed by atoms with Gasteiger partial charge in [0.2, 0.25) is 0 Å². The van der Waals surface area contributed by atoms with Crippen molar-refractivity contribution in [2.75, 3.05) is 31.9 Å². The number of nitrogens with zero attached hydrogens (tertiary/aromatic N) is 2. The maximum Gasteiger partial charge on any atom is 0.0346 e. The summed E-state index contributed by atoms with van der Waals surface area (Å²) in [5, 5.41) is 0. The Balaban J connectivity index is 1.89. The molecule has 0 unspecified atom stereocenters. The average molecular weight is 247 g/mol. The monoisotopic (exact) mass is 247 g/mol. The Kier molecular flexibility index (Phi) is 4.25. The van der Waals surface area contributed by atoms with Gasteiger partial charge in [-0.2, -0.15) is 0 Å². The Morgan fingerprint density at radius 1 is 1.17 bits per heavy atom. The van der Waals surface area contributed by atoms with Crippen molar-refractivity contribution in [2.45, 2.75) is 33.4 Å². The molecule has 0 spiro atoms. The molecule has 2 rings (SSSR count).